The van der Waals surface area contributed by atoms with E-state index in [0.717, 1.165) is 36.4 Å². The molecule has 7 heteroatoms. The zero-order chi connectivity index (χ0) is 16.2. The minimum Gasteiger partial charge on any atom is -0.384 e. The second-order valence-electron chi connectivity index (χ2n) is 5.85. The Bertz CT molecular complexity index is 684. The molecule has 0 radical (unpaired) electrons. The molecule has 1 amide bonds. The van der Waals surface area contributed by atoms with Crippen LogP contribution in [-0.2, 0) is 9.53 Å². The normalized spacial score (nSPS) is 18.3. The van der Waals surface area contributed by atoms with E-state index in [9.17, 15) is 4.79 Å². The fourth-order valence-electron chi connectivity index (χ4n) is 3.12. The van der Waals surface area contributed by atoms with Crippen molar-refractivity contribution in [2.24, 2.45) is 0 Å². The number of ether oxygens (including phenoxy) is 1. The molecule has 1 atom stereocenters. The number of piperidine rings is 1. The van der Waals surface area contributed by atoms with E-state index in [1.807, 2.05) is 28.7 Å². The zero-order valence-electron chi connectivity index (χ0n) is 13.7. The van der Waals surface area contributed by atoms with Gasteiger partial charge in [0.15, 0.2) is 5.82 Å². The number of rotatable bonds is 5. The van der Waals surface area contributed by atoms with E-state index >= 15 is 0 Å². The standard InChI is InChI=1S/C16H23N5O2/c1-17-16-14-5-7-18-21(14)11-13(19-16)12-4-3-8-20(10-12)15(22)6-9-23-2/h5,7,11-12H,3-4,6,8-10H2,1-2H3,(H,17,19). The lowest BCUT2D eigenvalue weighted by molar-refractivity contribution is -0.133. The monoisotopic (exact) mass is 317 g/mol. The molecule has 1 aliphatic rings. The first-order valence-corrected chi connectivity index (χ1v) is 8.01. The van der Waals surface area contributed by atoms with Crippen LogP contribution < -0.4 is 5.32 Å². The second-order valence-corrected chi connectivity index (χ2v) is 5.85. The van der Waals surface area contributed by atoms with E-state index in [-0.39, 0.29) is 11.8 Å². The third kappa shape index (κ3) is 3.29. The Kier molecular flexibility index (Phi) is 4.76. The van der Waals surface area contributed by atoms with Gasteiger partial charge in [-0.05, 0) is 18.9 Å². The van der Waals surface area contributed by atoms with Gasteiger partial charge in [-0.1, -0.05) is 0 Å². The summed E-state index contributed by atoms with van der Waals surface area (Å²) in [6.45, 7) is 2.01. The summed E-state index contributed by atoms with van der Waals surface area (Å²) in [7, 11) is 3.48. The number of anilines is 1. The number of fused-ring (bicyclic) bond motifs is 1. The number of amides is 1. The van der Waals surface area contributed by atoms with Crippen molar-refractivity contribution in [1.82, 2.24) is 19.5 Å². The Morgan fingerprint density at radius 1 is 1.52 bits per heavy atom. The smallest absolute Gasteiger partial charge is 0.224 e. The van der Waals surface area contributed by atoms with Gasteiger partial charge in [0.25, 0.3) is 0 Å². The van der Waals surface area contributed by atoms with E-state index in [0.29, 0.717) is 19.6 Å². The van der Waals surface area contributed by atoms with Crippen LogP contribution in [0.1, 0.15) is 30.9 Å². The van der Waals surface area contributed by atoms with Crippen LogP contribution in [0.25, 0.3) is 5.52 Å². The van der Waals surface area contributed by atoms with Gasteiger partial charge in [0.05, 0.1) is 31.1 Å². The van der Waals surface area contributed by atoms with Crippen LogP contribution in [0.3, 0.4) is 0 Å². The topological polar surface area (TPSA) is 71.8 Å². The van der Waals surface area contributed by atoms with Gasteiger partial charge in [-0.2, -0.15) is 5.10 Å². The molecular weight excluding hydrogens is 294 g/mol. The Balaban J connectivity index is 1.79. The summed E-state index contributed by atoms with van der Waals surface area (Å²) < 4.78 is 6.85. The molecule has 0 aliphatic carbocycles. The highest BCUT2D eigenvalue weighted by Gasteiger charge is 2.26. The number of carbonyl (C=O) groups excluding carboxylic acids is 1. The molecule has 3 rings (SSSR count). The van der Waals surface area contributed by atoms with Gasteiger partial charge >= 0.3 is 0 Å². The van der Waals surface area contributed by atoms with E-state index in [1.54, 1.807) is 13.3 Å². The summed E-state index contributed by atoms with van der Waals surface area (Å²) in [6.07, 6.45) is 6.22. The predicted octanol–water partition coefficient (Wildman–Crippen LogP) is 1.51. The lowest BCUT2D eigenvalue weighted by atomic mass is 9.94. The van der Waals surface area contributed by atoms with Crippen LogP contribution in [-0.4, -0.2) is 59.3 Å². The van der Waals surface area contributed by atoms with Gasteiger partial charge < -0.3 is 15.0 Å². The minimum absolute atomic E-state index is 0.158. The maximum atomic E-state index is 12.2. The van der Waals surface area contributed by atoms with Crippen molar-refractivity contribution in [3.05, 3.63) is 24.2 Å². The average molecular weight is 317 g/mol. The molecule has 1 N–H and O–H groups in total. The Morgan fingerprint density at radius 2 is 2.39 bits per heavy atom. The summed E-state index contributed by atoms with van der Waals surface area (Å²) in [5.74, 6) is 1.23. The Morgan fingerprint density at radius 3 is 3.17 bits per heavy atom. The predicted molar refractivity (Wildman–Crippen MR) is 87.6 cm³/mol. The largest absolute Gasteiger partial charge is 0.384 e. The molecule has 23 heavy (non-hydrogen) atoms. The molecule has 0 spiro atoms. The number of carbonyl (C=O) groups is 1. The first-order valence-electron chi connectivity index (χ1n) is 8.01. The van der Waals surface area contributed by atoms with Crippen LogP contribution in [0.4, 0.5) is 5.82 Å². The summed E-state index contributed by atoms with van der Waals surface area (Å²) in [5, 5.41) is 7.45. The van der Waals surface area contributed by atoms with E-state index in [1.165, 1.54) is 0 Å². The van der Waals surface area contributed by atoms with Crippen molar-refractivity contribution < 1.29 is 9.53 Å². The van der Waals surface area contributed by atoms with E-state index < -0.39 is 0 Å². The van der Waals surface area contributed by atoms with Gasteiger partial charge in [-0.15, -0.1) is 0 Å². The third-order valence-electron chi connectivity index (χ3n) is 4.36. The van der Waals surface area contributed by atoms with E-state index in [4.69, 9.17) is 9.72 Å². The average Bonchev–Trinajstić information content (AvgIpc) is 3.07. The molecule has 2 aromatic rings. The van der Waals surface area contributed by atoms with Crippen molar-refractivity contribution in [2.45, 2.75) is 25.2 Å². The van der Waals surface area contributed by atoms with Crippen molar-refractivity contribution in [3.8, 4) is 0 Å². The second kappa shape index (κ2) is 6.95. The summed E-state index contributed by atoms with van der Waals surface area (Å²) >= 11 is 0. The molecule has 0 saturated carbocycles. The molecule has 3 heterocycles. The highest BCUT2D eigenvalue weighted by molar-refractivity contribution is 5.76. The number of hydrogen-bond acceptors (Lipinski definition) is 5. The van der Waals surface area contributed by atoms with Gasteiger partial charge in [-0.25, -0.2) is 9.50 Å². The summed E-state index contributed by atoms with van der Waals surface area (Å²) in [5.41, 5.74) is 1.94. The Hall–Kier alpha value is -2.15. The number of nitrogens with zero attached hydrogens (tertiary/aromatic N) is 4. The van der Waals surface area contributed by atoms with Crippen LogP contribution >= 0.6 is 0 Å². The van der Waals surface area contributed by atoms with Crippen LogP contribution in [0, 0.1) is 0 Å². The number of likely N-dealkylation sites (tertiary alicyclic amines) is 1. The van der Waals surface area contributed by atoms with Crippen LogP contribution in [0.2, 0.25) is 0 Å². The molecule has 1 fully saturated rings. The molecule has 7 nitrogen and oxygen atoms in total. The highest BCUT2D eigenvalue weighted by atomic mass is 16.5. The summed E-state index contributed by atoms with van der Waals surface area (Å²) in [4.78, 5) is 18.9. The van der Waals surface area contributed by atoms with Crippen molar-refractivity contribution in [2.75, 3.05) is 39.2 Å². The first-order chi connectivity index (χ1) is 11.2. The van der Waals surface area contributed by atoms with Crippen molar-refractivity contribution >= 4 is 17.2 Å². The molecule has 0 aromatic carbocycles. The lowest BCUT2D eigenvalue weighted by Crippen LogP contribution is -2.39. The van der Waals surface area contributed by atoms with Gasteiger partial charge in [0.1, 0.15) is 5.52 Å². The number of aromatic nitrogens is 3. The van der Waals surface area contributed by atoms with Crippen molar-refractivity contribution in [1.29, 1.82) is 0 Å². The fourth-order valence-corrected chi connectivity index (χ4v) is 3.12. The van der Waals surface area contributed by atoms with Gasteiger partial charge in [0.2, 0.25) is 5.91 Å². The number of hydrogen-bond donors (Lipinski definition) is 1. The van der Waals surface area contributed by atoms with Crippen LogP contribution in [0.5, 0.6) is 0 Å². The van der Waals surface area contributed by atoms with Gasteiger partial charge in [0, 0.05) is 33.2 Å². The maximum Gasteiger partial charge on any atom is 0.224 e. The summed E-state index contributed by atoms with van der Waals surface area (Å²) in [6, 6.07) is 1.93. The number of nitrogens with one attached hydrogen (secondary N) is 1. The quantitative estimate of drug-likeness (QED) is 0.905. The zero-order valence-corrected chi connectivity index (χ0v) is 13.7. The van der Waals surface area contributed by atoms with Gasteiger partial charge in [-0.3, -0.25) is 4.79 Å². The molecule has 2 aromatic heterocycles. The SMILES string of the molecule is CNc1nc(C2CCCN(C(=O)CCOC)C2)cn2nccc12. The van der Waals surface area contributed by atoms with Crippen molar-refractivity contribution in [3.63, 3.8) is 0 Å². The first kappa shape index (κ1) is 15.7. The lowest BCUT2D eigenvalue weighted by Gasteiger charge is -2.32. The molecule has 1 saturated heterocycles. The molecule has 124 valence electrons. The third-order valence-corrected chi connectivity index (χ3v) is 4.36. The number of methoxy groups -OCH3 is 1. The molecular formula is C16H23N5O2. The highest BCUT2D eigenvalue weighted by Crippen LogP contribution is 2.28. The Labute approximate surface area is 135 Å². The fraction of sp³-hybridized carbons (Fsp3) is 0.562. The maximum absolute atomic E-state index is 12.2. The molecule has 1 aliphatic heterocycles. The molecule has 0 bridgehead atoms. The van der Waals surface area contributed by atoms with Crippen LogP contribution in [0.15, 0.2) is 18.5 Å². The minimum atomic E-state index is 0.158. The molecule has 1 unspecified atom stereocenters. The van der Waals surface area contributed by atoms with E-state index in [2.05, 4.69) is 10.4 Å².